The lowest BCUT2D eigenvalue weighted by Crippen LogP contribution is -2.20. The summed E-state index contributed by atoms with van der Waals surface area (Å²) in [7, 11) is 0. The molecular weight excluding hydrogens is 126 g/mol. The molecule has 0 radical (unpaired) electrons. The molecule has 4 heteroatoms. The van der Waals surface area contributed by atoms with E-state index in [1.165, 1.54) is 6.26 Å². The fourth-order valence-electron chi connectivity index (χ4n) is 0.421. The highest BCUT2D eigenvalue weighted by molar-refractivity contribution is 7.96. The molecule has 0 unspecified atom stereocenters. The van der Waals surface area contributed by atoms with Gasteiger partial charge < -0.3 is 4.84 Å². The van der Waals surface area contributed by atoms with Crippen molar-refractivity contribution in [1.29, 1.82) is 0 Å². The van der Waals surface area contributed by atoms with Crippen molar-refractivity contribution in [2.45, 2.75) is 0 Å². The van der Waals surface area contributed by atoms with Crippen LogP contribution in [-0.2, 0) is 4.84 Å². The SMILES string of the molecule is O=C(S)N1CC=CO1. The molecule has 3 nitrogen and oxygen atoms in total. The van der Waals surface area contributed by atoms with Gasteiger partial charge in [-0.2, -0.15) is 5.06 Å². The number of amides is 1. The normalized spacial score (nSPS) is 16.4. The third kappa shape index (κ3) is 0.949. The highest BCUT2D eigenvalue weighted by Gasteiger charge is 2.10. The summed E-state index contributed by atoms with van der Waals surface area (Å²) in [6.45, 7) is 0.502. The van der Waals surface area contributed by atoms with Crippen LogP contribution in [0.2, 0.25) is 0 Å². The molecule has 0 bridgehead atoms. The number of nitrogens with zero attached hydrogens (tertiary/aromatic N) is 1. The third-order valence-corrected chi connectivity index (χ3v) is 0.992. The molecule has 44 valence electrons. The van der Waals surface area contributed by atoms with Crippen LogP contribution in [0.4, 0.5) is 4.79 Å². The van der Waals surface area contributed by atoms with Crippen molar-refractivity contribution in [1.82, 2.24) is 5.06 Å². The van der Waals surface area contributed by atoms with E-state index < -0.39 is 0 Å². The fourth-order valence-corrected chi connectivity index (χ4v) is 0.550. The van der Waals surface area contributed by atoms with Gasteiger partial charge in [0.1, 0.15) is 6.26 Å². The lowest BCUT2D eigenvalue weighted by atomic mass is 10.6. The van der Waals surface area contributed by atoms with Crippen LogP contribution in [0.1, 0.15) is 0 Å². The third-order valence-electron chi connectivity index (χ3n) is 0.769. The van der Waals surface area contributed by atoms with Crippen molar-refractivity contribution in [2.75, 3.05) is 6.54 Å². The van der Waals surface area contributed by atoms with Gasteiger partial charge in [-0.15, -0.1) is 0 Å². The summed E-state index contributed by atoms with van der Waals surface area (Å²) in [5.74, 6) is 0. The van der Waals surface area contributed by atoms with Crippen LogP contribution in [0.25, 0.3) is 0 Å². The predicted octanol–water partition coefficient (Wildman–Crippen LogP) is 0.797. The second-order valence-electron chi connectivity index (χ2n) is 1.32. The van der Waals surface area contributed by atoms with Gasteiger partial charge in [-0.25, -0.2) is 0 Å². The van der Waals surface area contributed by atoms with Crippen molar-refractivity contribution in [3.8, 4) is 0 Å². The molecule has 1 heterocycles. The summed E-state index contributed by atoms with van der Waals surface area (Å²) in [6, 6.07) is 0. The minimum Gasteiger partial charge on any atom is -0.384 e. The number of hydrogen-bond acceptors (Lipinski definition) is 2. The zero-order chi connectivity index (χ0) is 5.98. The Morgan fingerprint density at radius 3 is 2.88 bits per heavy atom. The summed E-state index contributed by atoms with van der Waals surface area (Å²) < 4.78 is 0. The largest absolute Gasteiger partial charge is 0.384 e. The summed E-state index contributed by atoms with van der Waals surface area (Å²) in [5, 5.41) is 0.776. The minimum atomic E-state index is -0.366. The van der Waals surface area contributed by atoms with Crippen LogP contribution >= 0.6 is 12.6 Å². The van der Waals surface area contributed by atoms with Gasteiger partial charge in [0.2, 0.25) is 0 Å². The van der Waals surface area contributed by atoms with Gasteiger partial charge in [-0.05, 0) is 6.08 Å². The molecule has 1 rings (SSSR count). The molecule has 1 amide bonds. The average Bonchev–Trinajstić information content (AvgIpc) is 2.12. The van der Waals surface area contributed by atoms with Crippen LogP contribution < -0.4 is 0 Å². The number of carbonyl (C=O) groups excluding carboxylic acids is 1. The summed E-state index contributed by atoms with van der Waals surface area (Å²) in [5.41, 5.74) is 0. The van der Waals surface area contributed by atoms with Crippen molar-refractivity contribution >= 4 is 17.9 Å². The van der Waals surface area contributed by atoms with Crippen LogP contribution in [0.5, 0.6) is 0 Å². The molecule has 0 atom stereocenters. The second kappa shape index (κ2) is 2.09. The van der Waals surface area contributed by atoms with E-state index in [1.54, 1.807) is 6.08 Å². The number of thiol groups is 1. The molecule has 1 aliphatic rings. The number of rotatable bonds is 0. The van der Waals surface area contributed by atoms with E-state index in [0.717, 1.165) is 5.06 Å². The van der Waals surface area contributed by atoms with E-state index in [4.69, 9.17) is 0 Å². The molecule has 0 N–H and O–H groups in total. The molecular formula is C4H5NO2S. The first-order valence-corrected chi connectivity index (χ1v) is 2.57. The Morgan fingerprint density at radius 1 is 1.88 bits per heavy atom. The summed E-state index contributed by atoms with van der Waals surface area (Å²) in [6.07, 6.45) is 3.18. The Labute approximate surface area is 52.3 Å². The zero-order valence-electron chi connectivity index (χ0n) is 4.07. The van der Waals surface area contributed by atoms with E-state index in [9.17, 15) is 4.79 Å². The first-order valence-electron chi connectivity index (χ1n) is 2.13. The van der Waals surface area contributed by atoms with E-state index in [-0.39, 0.29) is 5.24 Å². The van der Waals surface area contributed by atoms with Crippen LogP contribution in [0.15, 0.2) is 12.3 Å². The van der Waals surface area contributed by atoms with Gasteiger partial charge in [-0.1, -0.05) is 12.6 Å². The molecule has 0 aromatic heterocycles. The lowest BCUT2D eigenvalue weighted by molar-refractivity contribution is -0.0178. The Morgan fingerprint density at radius 2 is 2.62 bits per heavy atom. The molecule has 0 aliphatic carbocycles. The van der Waals surface area contributed by atoms with E-state index >= 15 is 0 Å². The molecule has 0 aromatic rings. The highest BCUT2D eigenvalue weighted by Crippen LogP contribution is 2.03. The van der Waals surface area contributed by atoms with Crippen LogP contribution in [0, 0.1) is 0 Å². The maximum Gasteiger partial charge on any atom is 0.311 e. The fraction of sp³-hybridized carbons (Fsp3) is 0.250. The van der Waals surface area contributed by atoms with E-state index in [1.807, 2.05) is 0 Å². The molecule has 8 heavy (non-hydrogen) atoms. The van der Waals surface area contributed by atoms with Crippen molar-refractivity contribution in [3.05, 3.63) is 12.3 Å². The zero-order valence-corrected chi connectivity index (χ0v) is 4.97. The van der Waals surface area contributed by atoms with Crippen LogP contribution in [0.3, 0.4) is 0 Å². The van der Waals surface area contributed by atoms with Crippen molar-refractivity contribution in [2.24, 2.45) is 0 Å². The first-order chi connectivity index (χ1) is 3.80. The van der Waals surface area contributed by atoms with Gasteiger partial charge >= 0.3 is 5.24 Å². The first kappa shape index (κ1) is 5.50. The number of hydrogen-bond donors (Lipinski definition) is 1. The number of carbonyl (C=O) groups is 1. The summed E-state index contributed by atoms with van der Waals surface area (Å²) >= 11 is 3.52. The Balaban J connectivity index is 2.41. The van der Waals surface area contributed by atoms with E-state index in [2.05, 4.69) is 17.5 Å². The molecule has 0 saturated heterocycles. The molecule has 0 saturated carbocycles. The highest BCUT2D eigenvalue weighted by atomic mass is 32.1. The van der Waals surface area contributed by atoms with Gasteiger partial charge in [0, 0.05) is 0 Å². The van der Waals surface area contributed by atoms with Crippen LogP contribution in [-0.4, -0.2) is 16.8 Å². The minimum absolute atomic E-state index is 0.366. The van der Waals surface area contributed by atoms with Gasteiger partial charge in [-0.3, -0.25) is 4.79 Å². The molecule has 1 aliphatic heterocycles. The van der Waals surface area contributed by atoms with E-state index in [0.29, 0.717) is 6.54 Å². The predicted molar refractivity (Wildman–Crippen MR) is 31.3 cm³/mol. The molecule has 0 spiro atoms. The maximum atomic E-state index is 10.3. The monoisotopic (exact) mass is 131 g/mol. The molecule has 0 aromatic carbocycles. The summed E-state index contributed by atoms with van der Waals surface area (Å²) in [4.78, 5) is 14.9. The van der Waals surface area contributed by atoms with Crippen molar-refractivity contribution in [3.63, 3.8) is 0 Å². The Bertz CT molecular complexity index is 126. The molecule has 0 fully saturated rings. The lowest BCUT2D eigenvalue weighted by Gasteiger charge is -2.08. The van der Waals surface area contributed by atoms with Gasteiger partial charge in [0.15, 0.2) is 0 Å². The van der Waals surface area contributed by atoms with Gasteiger partial charge in [0.05, 0.1) is 6.54 Å². The Kier molecular flexibility index (Phi) is 1.43. The average molecular weight is 131 g/mol. The second-order valence-corrected chi connectivity index (χ2v) is 1.70. The topological polar surface area (TPSA) is 29.5 Å². The maximum absolute atomic E-state index is 10.3. The van der Waals surface area contributed by atoms with Gasteiger partial charge in [0.25, 0.3) is 0 Å². The van der Waals surface area contributed by atoms with Crippen molar-refractivity contribution < 1.29 is 9.63 Å². The smallest absolute Gasteiger partial charge is 0.311 e. The Hall–Kier alpha value is -0.640. The standard InChI is InChI=1S/C4H5NO2S/c6-4(8)5-2-1-3-7-5/h1,3H,2H2,(H,6,8). The quantitative estimate of drug-likeness (QED) is 0.493. The number of hydroxylamine groups is 2.